The lowest BCUT2D eigenvalue weighted by molar-refractivity contribution is -0.122. The Morgan fingerprint density at radius 2 is 1.84 bits per heavy atom. The third-order valence-electron chi connectivity index (χ3n) is 6.10. The summed E-state index contributed by atoms with van der Waals surface area (Å²) in [5.74, 6) is 0.0339. The fourth-order valence-electron chi connectivity index (χ4n) is 4.28. The summed E-state index contributed by atoms with van der Waals surface area (Å²) in [6.45, 7) is 5.11. The normalized spacial score (nSPS) is 16.8. The summed E-state index contributed by atoms with van der Waals surface area (Å²) in [6, 6.07) is 14.4. The topological polar surface area (TPSA) is 84.9 Å². The summed E-state index contributed by atoms with van der Waals surface area (Å²) < 4.78 is 37.5. The van der Waals surface area contributed by atoms with Gasteiger partial charge < -0.3 is 14.8 Å². The Kier molecular flexibility index (Phi) is 7.46. The van der Waals surface area contributed by atoms with Gasteiger partial charge >= 0.3 is 0 Å². The van der Waals surface area contributed by atoms with Crippen molar-refractivity contribution in [2.75, 3.05) is 37.4 Å². The fraction of sp³-hybridized carbons (Fsp3) is 0.458. The second kappa shape index (κ2) is 9.92. The largest absolute Gasteiger partial charge is 0.495 e. The predicted molar refractivity (Wildman–Crippen MR) is 126 cm³/mol. The number of benzene rings is 2. The highest BCUT2D eigenvalue weighted by Gasteiger charge is 2.37. The highest BCUT2D eigenvalue weighted by molar-refractivity contribution is 7.92. The van der Waals surface area contributed by atoms with Crippen molar-refractivity contribution in [3.8, 4) is 5.75 Å². The smallest absolute Gasteiger partial charge is 0.243 e. The van der Waals surface area contributed by atoms with Gasteiger partial charge in [0.1, 0.15) is 11.8 Å². The molecule has 1 aliphatic heterocycles. The molecule has 1 N–H and O–H groups in total. The molecule has 0 spiro atoms. The summed E-state index contributed by atoms with van der Waals surface area (Å²) in [5, 5.41) is 3.02. The maximum Gasteiger partial charge on any atom is 0.243 e. The molecule has 7 nitrogen and oxygen atoms in total. The average Bonchev–Trinajstić information content (AvgIpc) is 2.78. The number of nitrogens with one attached hydrogen (secondary N) is 1. The maximum absolute atomic E-state index is 13.2. The van der Waals surface area contributed by atoms with Gasteiger partial charge in [-0.1, -0.05) is 36.4 Å². The Hall–Kier alpha value is -2.58. The molecule has 32 heavy (non-hydrogen) atoms. The van der Waals surface area contributed by atoms with Crippen LogP contribution in [0.5, 0.6) is 5.75 Å². The zero-order valence-corrected chi connectivity index (χ0v) is 19.9. The van der Waals surface area contributed by atoms with Crippen molar-refractivity contribution in [3.05, 3.63) is 59.7 Å². The van der Waals surface area contributed by atoms with E-state index >= 15 is 0 Å². The fourth-order valence-corrected chi connectivity index (χ4v) is 5.45. The summed E-state index contributed by atoms with van der Waals surface area (Å²) in [4.78, 5) is 13.2. The van der Waals surface area contributed by atoms with E-state index in [1.54, 1.807) is 19.1 Å². The van der Waals surface area contributed by atoms with Crippen molar-refractivity contribution in [3.63, 3.8) is 0 Å². The number of hydrogen-bond acceptors (Lipinski definition) is 5. The molecule has 1 saturated heterocycles. The van der Waals surface area contributed by atoms with E-state index in [4.69, 9.17) is 9.47 Å². The van der Waals surface area contributed by atoms with Gasteiger partial charge in [0, 0.05) is 25.2 Å². The molecular formula is C24H32N2O5S. The maximum atomic E-state index is 13.2. The second-order valence-corrected chi connectivity index (χ2v) is 10.2. The molecule has 0 aliphatic carbocycles. The van der Waals surface area contributed by atoms with Gasteiger partial charge in [0.2, 0.25) is 15.9 Å². The molecule has 1 unspecified atom stereocenters. The van der Waals surface area contributed by atoms with Gasteiger partial charge in [0.15, 0.2) is 0 Å². The Morgan fingerprint density at radius 1 is 1.19 bits per heavy atom. The third-order valence-corrected chi connectivity index (χ3v) is 7.32. The van der Waals surface area contributed by atoms with Crippen LogP contribution in [0.15, 0.2) is 48.5 Å². The first-order valence-corrected chi connectivity index (χ1v) is 12.6. The van der Waals surface area contributed by atoms with E-state index in [0.29, 0.717) is 31.2 Å². The summed E-state index contributed by atoms with van der Waals surface area (Å²) in [7, 11) is -2.27. The molecule has 2 aromatic rings. The van der Waals surface area contributed by atoms with Crippen LogP contribution in [0.4, 0.5) is 5.69 Å². The third kappa shape index (κ3) is 5.24. The number of nitrogens with zero attached hydrogens (tertiary/aromatic N) is 1. The molecule has 174 valence electrons. The molecule has 1 heterocycles. The van der Waals surface area contributed by atoms with Crippen molar-refractivity contribution in [2.24, 2.45) is 0 Å². The molecule has 8 heteroatoms. The lowest BCUT2D eigenvalue weighted by Crippen LogP contribution is -2.52. The van der Waals surface area contributed by atoms with E-state index < -0.39 is 16.1 Å². The van der Waals surface area contributed by atoms with Crippen LogP contribution >= 0.6 is 0 Å². The van der Waals surface area contributed by atoms with Crippen LogP contribution in [0.3, 0.4) is 0 Å². The Labute approximate surface area is 190 Å². The van der Waals surface area contributed by atoms with Gasteiger partial charge in [-0.3, -0.25) is 9.10 Å². The number of carbonyl (C=O) groups excluding carboxylic acids is 1. The predicted octanol–water partition coefficient (Wildman–Crippen LogP) is 3.02. The minimum Gasteiger partial charge on any atom is -0.495 e. The zero-order chi connectivity index (χ0) is 23.4. The van der Waals surface area contributed by atoms with Crippen LogP contribution in [-0.2, 0) is 25.0 Å². The number of anilines is 1. The van der Waals surface area contributed by atoms with Crippen molar-refractivity contribution < 1.29 is 22.7 Å². The van der Waals surface area contributed by atoms with Gasteiger partial charge in [0.05, 0.1) is 19.1 Å². The van der Waals surface area contributed by atoms with E-state index in [1.165, 1.54) is 7.11 Å². The minimum atomic E-state index is -3.75. The molecule has 2 aromatic carbocycles. The second-order valence-electron chi connectivity index (χ2n) is 8.39. The first-order valence-electron chi connectivity index (χ1n) is 10.7. The number of rotatable bonds is 8. The van der Waals surface area contributed by atoms with Gasteiger partial charge in [-0.25, -0.2) is 8.42 Å². The number of carbonyl (C=O) groups is 1. The highest BCUT2D eigenvalue weighted by atomic mass is 32.2. The molecule has 1 amide bonds. The molecule has 3 rings (SSSR count). The number of sulfonamides is 1. The summed E-state index contributed by atoms with van der Waals surface area (Å²) in [6.07, 6.45) is 2.67. The van der Waals surface area contributed by atoms with Crippen LogP contribution < -0.4 is 14.4 Å². The van der Waals surface area contributed by atoms with Crippen molar-refractivity contribution in [2.45, 2.75) is 38.1 Å². The Morgan fingerprint density at radius 3 is 2.44 bits per heavy atom. The van der Waals surface area contributed by atoms with Crippen LogP contribution in [-0.4, -0.2) is 53.5 Å². The number of ether oxygens (including phenoxy) is 2. The number of aryl methyl sites for hydroxylation is 1. The lowest BCUT2D eigenvalue weighted by atomic mass is 9.74. The highest BCUT2D eigenvalue weighted by Crippen LogP contribution is 2.35. The van der Waals surface area contributed by atoms with Gasteiger partial charge in [-0.2, -0.15) is 0 Å². The molecule has 1 atom stereocenters. The van der Waals surface area contributed by atoms with Crippen molar-refractivity contribution >= 4 is 21.6 Å². The molecule has 0 saturated carbocycles. The van der Waals surface area contributed by atoms with Crippen LogP contribution in [0.1, 0.15) is 30.9 Å². The number of amides is 1. The van der Waals surface area contributed by atoms with E-state index in [9.17, 15) is 13.2 Å². The molecular weight excluding hydrogens is 428 g/mol. The quantitative estimate of drug-likeness (QED) is 0.655. The van der Waals surface area contributed by atoms with Crippen molar-refractivity contribution in [1.82, 2.24) is 5.32 Å². The summed E-state index contributed by atoms with van der Waals surface area (Å²) >= 11 is 0. The standard InChI is InChI=1S/C24H32N2O5S/c1-18-10-11-22(30-3)21(16-18)26(32(4,28)29)19(2)23(27)25-17-24(12-14-31-15-13-24)20-8-6-5-7-9-20/h5-11,16,19H,12-15,17H2,1-4H3,(H,25,27). The lowest BCUT2D eigenvalue weighted by Gasteiger charge is -2.38. The minimum absolute atomic E-state index is 0.244. The van der Waals surface area contributed by atoms with E-state index in [0.717, 1.165) is 34.5 Å². The van der Waals surface area contributed by atoms with Crippen LogP contribution in [0.25, 0.3) is 0 Å². The molecule has 1 aliphatic rings. The van der Waals surface area contributed by atoms with E-state index in [2.05, 4.69) is 17.4 Å². The first kappa shape index (κ1) is 24.1. The Bertz CT molecular complexity index is 1030. The van der Waals surface area contributed by atoms with Crippen molar-refractivity contribution in [1.29, 1.82) is 0 Å². The SMILES string of the molecule is COc1ccc(C)cc1N(C(C)C(=O)NCC1(c2ccccc2)CCOCC1)S(C)(=O)=O. The number of methoxy groups -OCH3 is 1. The summed E-state index contributed by atoms with van der Waals surface area (Å²) in [5.41, 5.74) is 2.12. The van der Waals surface area contributed by atoms with Gasteiger partial charge in [-0.15, -0.1) is 0 Å². The van der Waals surface area contributed by atoms with Gasteiger partial charge in [-0.05, 0) is 49.9 Å². The molecule has 0 radical (unpaired) electrons. The Balaban J connectivity index is 1.86. The monoisotopic (exact) mass is 460 g/mol. The zero-order valence-electron chi connectivity index (χ0n) is 19.1. The van der Waals surface area contributed by atoms with Gasteiger partial charge in [0.25, 0.3) is 0 Å². The van der Waals surface area contributed by atoms with E-state index in [1.807, 2.05) is 31.2 Å². The first-order chi connectivity index (χ1) is 15.2. The van der Waals surface area contributed by atoms with Crippen LogP contribution in [0, 0.1) is 6.92 Å². The average molecular weight is 461 g/mol. The van der Waals surface area contributed by atoms with Crippen LogP contribution in [0.2, 0.25) is 0 Å². The molecule has 0 aromatic heterocycles. The van der Waals surface area contributed by atoms with E-state index in [-0.39, 0.29) is 11.3 Å². The molecule has 1 fully saturated rings. The number of hydrogen-bond donors (Lipinski definition) is 1. The molecule has 0 bridgehead atoms.